The molecule has 0 unspecified atom stereocenters. The van der Waals surface area contributed by atoms with E-state index in [4.69, 9.17) is 4.74 Å². The third kappa shape index (κ3) is 3.24. The summed E-state index contributed by atoms with van der Waals surface area (Å²) in [6.45, 7) is 1.41. The van der Waals surface area contributed by atoms with Crippen LogP contribution in [0.1, 0.15) is 24.1 Å². The smallest absolute Gasteiger partial charge is 0.372 e. The number of pyridine rings is 1. The number of halogens is 3. The molecule has 6 heteroatoms. The summed E-state index contributed by atoms with van der Waals surface area (Å²) in [5, 5.41) is 0. The number of hydrogen-bond acceptors (Lipinski definition) is 3. The summed E-state index contributed by atoms with van der Waals surface area (Å²) in [6.07, 6.45) is -1.08. The summed E-state index contributed by atoms with van der Waals surface area (Å²) in [5.74, 6) is 0. The minimum Gasteiger partial charge on any atom is -0.372 e. The molecule has 3 nitrogen and oxygen atoms in total. The second kappa shape index (κ2) is 6.43. The molecular weight excluding hydrogens is 317 g/mol. The summed E-state index contributed by atoms with van der Waals surface area (Å²) in [6, 6.07) is 11.1. The van der Waals surface area contributed by atoms with Gasteiger partial charge in [0, 0.05) is 32.1 Å². The molecule has 0 spiro atoms. The molecule has 0 saturated carbocycles. The maximum absolute atomic E-state index is 12.7. The molecule has 3 rings (SSSR count). The van der Waals surface area contributed by atoms with Crippen molar-refractivity contribution < 1.29 is 17.9 Å². The van der Waals surface area contributed by atoms with E-state index < -0.39 is 17.3 Å². The van der Waals surface area contributed by atoms with Crippen molar-refractivity contribution in [1.82, 2.24) is 4.98 Å². The van der Waals surface area contributed by atoms with Gasteiger partial charge in [0.1, 0.15) is 5.60 Å². The van der Waals surface area contributed by atoms with Gasteiger partial charge in [-0.15, -0.1) is 0 Å². The fraction of sp³-hybridized carbons (Fsp3) is 0.389. The van der Waals surface area contributed by atoms with Crippen molar-refractivity contribution in [2.45, 2.75) is 24.6 Å². The van der Waals surface area contributed by atoms with Crippen LogP contribution in [0.3, 0.4) is 0 Å². The van der Waals surface area contributed by atoms with Gasteiger partial charge in [-0.25, -0.2) is 0 Å². The zero-order chi connectivity index (χ0) is 17.2. The van der Waals surface area contributed by atoms with E-state index in [0.717, 1.165) is 36.4 Å². The van der Waals surface area contributed by atoms with Gasteiger partial charge in [0.05, 0.1) is 11.3 Å². The molecule has 24 heavy (non-hydrogen) atoms. The van der Waals surface area contributed by atoms with Crippen molar-refractivity contribution in [2.75, 3.05) is 25.1 Å². The summed E-state index contributed by atoms with van der Waals surface area (Å²) < 4.78 is 43.8. The van der Waals surface area contributed by atoms with E-state index in [9.17, 15) is 13.2 Å². The molecule has 2 heterocycles. The topological polar surface area (TPSA) is 25.4 Å². The number of nitrogens with zero attached hydrogens (tertiary/aromatic N) is 2. The lowest BCUT2D eigenvalue weighted by atomic mass is 9.87. The van der Waals surface area contributed by atoms with Crippen LogP contribution in [-0.2, 0) is 16.5 Å². The van der Waals surface area contributed by atoms with Gasteiger partial charge in [0.2, 0.25) is 0 Å². The largest absolute Gasteiger partial charge is 0.416 e. The molecule has 1 fully saturated rings. The van der Waals surface area contributed by atoms with Gasteiger partial charge < -0.3 is 9.64 Å². The number of rotatable bonds is 3. The van der Waals surface area contributed by atoms with Crippen LogP contribution < -0.4 is 4.90 Å². The highest BCUT2D eigenvalue weighted by atomic mass is 19.4. The van der Waals surface area contributed by atoms with E-state index >= 15 is 0 Å². The van der Waals surface area contributed by atoms with Crippen LogP contribution in [0.25, 0.3) is 0 Å². The first-order valence-corrected chi connectivity index (χ1v) is 7.83. The second-order valence-electron chi connectivity index (χ2n) is 5.95. The van der Waals surface area contributed by atoms with Crippen molar-refractivity contribution in [3.05, 3.63) is 59.9 Å². The summed E-state index contributed by atoms with van der Waals surface area (Å²) in [4.78, 5) is 6.50. The minimum absolute atomic E-state index is 0.427. The number of piperidine rings is 1. The highest BCUT2D eigenvalue weighted by Crippen LogP contribution is 2.37. The second-order valence-corrected chi connectivity index (χ2v) is 5.95. The number of anilines is 1. The van der Waals surface area contributed by atoms with Crippen molar-refractivity contribution in [2.24, 2.45) is 0 Å². The molecule has 1 aromatic carbocycles. The van der Waals surface area contributed by atoms with Crippen LogP contribution in [0.5, 0.6) is 0 Å². The summed E-state index contributed by atoms with van der Waals surface area (Å²) in [5.41, 5.74) is 0.653. The molecular formula is C18H19F3N2O. The molecule has 1 aromatic heterocycles. The summed E-state index contributed by atoms with van der Waals surface area (Å²) >= 11 is 0. The Balaban J connectivity index is 1.73. The zero-order valence-electron chi connectivity index (χ0n) is 13.4. The lowest BCUT2D eigenvalue weighted by molar-refractivity contribution is -0.137. The Morgan fingerprint density at radius 3 is 2.21 bits per heavy atom. The molecule has 1 aliphatic rings. The molecule has 0 radical (unpaired) electrons. The number of hydrogen-bond donors (Lipinski definition) is 0. The lowest BCUT2D eigenvalue weighted by Crippen LogP contribution is -2.44. The fourth-order valence-corrected chi connectivity index (χ4v) is 3.18. The highest BCUT2D eigenvalue weighted by molar-refractivity contribution is 5.48. The van der Waals surface area contributed by atoms with E-state index in [0.29, 0.717) is 13.1 Å². The van der Waals surface area contributed by atoms with Gasteiger partial charge >= 0.3 is 6.18 Å². The van der Waals surface area contributed by atoms with Gasteiger partial charge in [0.15, 0.2) is 0 Å². The van der Waals surface area contributed by atoms with Gasteiger partial charge in [0.25, 0.3) is 0 Å². The zero-order valence-corrected chi connectivity index (χ0v) is 13.4. The molecule has 1 aliphatic heterocycles. The van der Waals surface area contributed by atoms with Gasteiger partial charge in [-0.1, -0.05) is 6.07 Å². The number of methoxy groups -OCH3 is 1. The Morgan fingerprint density at radius 2 is 1.71 bits per heavy atom. The van der Waals surface area contributed by atoms with Gasteiger partial charge in [-0.05, 0) is 49.2 Å². The lowest BCUT2D eigenvalue weighted by Gasteiger charge is -2.41. The predicted octanol–water partition coefficient (Wildman–Crippen LogP) is 4.24. The SMILES string of the molecule is COC1(c2ccccn2)CCN(c2ccc(C(F)(F)F)cc2)CC1. The van der Waals surface area contributed by atoms with Gasteiger partial charge in [-0.2, -0.15) is 13.2 Å². The summed E-state index contributed by atoms with van der Waals surface area (Å²) in [7, 11) is 1.68. The molecule has 0 amide bonds. The number of ether oxygens (including phenoxy) is 1. The van der Waals surface area contributed by atoms with Crippen LogP contribution in [0, 0.1) is 0 Å². The van der Waals surface area contributed by atoms with Crippen molar-refractivity contribution in [1.29, 1.82) is 0 Å². The maximum Gasteiger partial charge on any atom is 0.416 e. The first-order chi connectivity index (χ1) is 11.4. The highest BCUT2D eigenvalue weighted by Gasteiger charge is 2.37. The van der Waals surface area contributed by atoms with Crippen LogP contribution >= 0.6 is 0 Å². The molecule has 2 aromatic rings. The van der Waals surface area contributed by atoms with Crippen LogP contribution in [0.15, 0.2) is 48.7 Å². The number of aromatic nitrogens is 1. The number of alkyl halides is 3. The molecule has 0 atom stereocenters. The Labute approximate surface area is 139 Å². The molecule has 0 aliphatic carbocycles. The third-order valence-electron chi connectivity index (χ3n) is 4.65. The van der Waals surface area contributed by atoms with Crippen LogP contribution in [0.2, 0.25) is 0 Å². The van der Waals surface area contributed by atoms with E-state index in [2.05, 4.69) is 9.88 Å². The first kappa shape index (κ1) is 16.8. The Bertz CT molecular complexity index is 663. The monoisotopic (exact) mass is 336 g/mol. The normalized spacial score (nSPS) is 17.8. The van der Waals surface area contributed by atoms with Crippen molar-refractivity contribution in [3.63, 3.8) is 0 Å². The maximum atomic E-state index is 12.7. The van der Waals surface area contributed by atoms with E-state index in [1.165, 1.54) is 12.1 Å². The van der Waals surface area contributed by atoms with Crippen molar-refractivity contribution in [3.8, 4) is 0 Å². The molecule has 1 saturated heterocycles. The van der Waals surface area contributed by atoms with Crippen LogP contribution in [-0.4, -0.2) is 25.2 Å². The molecule has 0 N–H and O–H groups in total. The Morgan fingerprint density at radius 1 is 1.04 bits per heavy atom. The Hall–Kier alpha value is -2.08. The van der Waals surface area contributed by atoms with E-state index in [-0.39, 0.29) is 0 Å². The molecule has 128 valence electrons. The average molecular weight is 336 g/mol. The Kier molecular flexibility index (Phi) is 4.49. The molecule has 0 bridgehead atoms. The average Bonchev–Trinajstić information content (AvgIpc) is 2.62. The standard InChI is InChI=1S/C18H19F3N2O/c1-24-17(16-4-2-3-11-22-16)9-12-23(13-10-17)15-7-5-14(6-8-15)18(19,20)21/h2-8,11H,9-10,12-13H2,1H3. The minimum atomic E-state index is -4.30. The fourth-order valence-electron chi connectivity index (χ4n) is 3.18. The third-order valence-corrected chi connectivity index (χ3v) is 4.65. The quantitative estimate of drug-likeness (QED) is 0.838. The van der Waals surface area contributed by atoms with Crippen LogP contribution in [0.4, 0.5) is 18.9 Å². The predicted molar refractivity (Wildman–Crippen MR) is 85.8 cm³/mol. The number of benzene rings is 1. The van der Waals surface area contributed by atoms with Gasteiger partial charge in [-0.3, -0.25) is 4.98 Å². The van der Waals surface area contributed by atoms with E-state index in [1.54, 1.807) is 13.3 Å². The first-order valence-electron chi connectivity index (χ1n) is 7.83. The van der Waals surface area contributed by atoms with Crippen molar-refractivity contribution >= 4 is 5.69 Å². The van der Waals surface area contributed by atoms with E-state index in [1.807, 2.05) is 18.2 Å².